The number of halogens is 2. The normalized spacial score (nSPS) is 18.6. The predicted molar refractivity (Wildman–Crippen MR) is 229 cm³/mol. The number of ether oxygens (including phenoxy) is 1. The minimum Gasteiger partial charge on any atom is -0.381 e. The molecule has 8 heterocycles. The number of rotatable bonds is 8. The highest BCUT2D eigenvalue weighted by atomic mass is 19.1. The lowest BCUT2D eigenvalue weighted by atomic mass is 9.95. The predicted octanol–water partition coefficient (Wildman–Crippen LogP) is 6.61. The topological polar surface area (TPSA) is 169 Å². The van der Waals surface area contributed by atoms with Crippen molar-refractivity contribution in [3.63, 3.8) is 0 Å². The van der Waals surface area contributed by atoms with E-state index in [0.29, 0.717) is 95.3 Å². The first-order valence-electron chi connectivity index (χ1n) is 21.8. The number of imidazole rings is 1. The molecule has 1 atom stereocenters. The lowest BCUT2D eigenvalue weighted by Crippen LogP contribution is -2.41. The van der Waals surface area contributed by atoms with E-state index < -0.39 is 28.8 Å². The molecule has 1 unspecified atom stereocenters. The summed E-state index contributed by atoms with van der Waals surface area (Å²) in [6.45, 7) is 6.85. The fourth-order valence-corrected chi connectivity index (χ4v) is 10.2. The maximum absolute atomic E-state index is 16.4. The van der Waals surface area contributed by atoms with E-state index in [9.17, 15) is 9.59 Å². The van der Waals surface area contributed by atoms with Gasteiger partial charge in [-0.05, 0) is 107 Å². The number of amides is 1. The van der Waals surface area contributed by atoms with Gasteiger partial charge in [-0.2, -0.15) is 10.2 Å². The van der Waals surface area contributed by atoms with Crippen LogP contribution in [0.3, 0.4) is 0 Å². The molecule has 2 aliphatic carbocycles. The van der Waals surface area contributed by atoms with Gasteiger partial charge in [0.25, 0.3) is 5.91 Å². The van der Waals surface area contributed by atoms with Crippen LogP contribution in [0.5, 0.6) is 0 Å². The average Bonchev–Trinajstić information content (AvgIpc) is 4.00. The third-order valence-electron chi connectivity index (χ3n) is 13.8. The van der Waals surface area contributed by atoms with Gasteiger partial charge in [-0.3, -0.25) is 33.1 Å². The molecular formula is C46H43F2N11O5. The van der Waals surface area contributed by atoms with E-state index in [1.165, 1.54) is 21.5 Å². The molecule has 16 nitrogen and oxygen atoms in total. The highest BCUT2D eigenvalue weighted by Gasteiger charge is 2.53. The highest BCUT2D eigenvalue weighted by molar-refractivity contribution is 5.99. The SMILES string of the molecule is Cc1cc(-n2nc3c(c2-n2ccn(-c4ccc5c(cnn5C5CC5)c4F)c2=O)C(C)N(C(=O)c2cc4cc(C5CCOCC5)ncc4n2C2(c4noc(=O)[nH]4)CC2)CC3)cc(C)c1F. The molecule has 0 radical (unpaired) electrons. The molecule has 64 heavy (non-hydrogen) atoms. The van der Waals surface area contributed by atoms with Crippen LogP contribution in [0.4, 0.5) is 8.78 Å². The molecule has 2 saturated carbocycles. The van der Waals surface area contributed by atoms with Gasteiger partial charge < -0.3 is 14.2 Å². The molecule has 1 N–H and O–H groups in total. The molecule has 18 heteroatoms. The Bertz CT molecular complexity index is 3330. The highest BCUT2D eigenvalue weighted by Crippen LogP contribution is 2.51. The molecule has 1 amide bonds. The van der Waals surface area contributed by atoms with E-state index in [-0.39, 0.29) is 29.4 Å². The summed E-state index contributed by atoms with van der Waals surface area (Å²) in [6.07, 6.45) is 11.6. The molecular weight excluding hydrogens is 825 g/mol. The molecule has 2 aromatic carbocycles. The van der Waals surface area contributed by atoms with Crippen molar-refractivity contribution in [2.24, 2.45) is 0 Å². The van der Waals surface area contributed by atoms with E-state index in [0.717, 1.165) is 42.3 Å². The molecule has 3 fully saturated rings. The van der Waals surface area contributed by atoms with E-state index in [4.69, 9.17) is 19.3 Å². The Kier molecular flexibility index (Phi) is 8.48. The fourth-order valence-electron chi connectivity index (χ4n) is 10.2. The number of hydrogen-bond acceptors (Lipinski definition) is 9. The van der Waals surface area contributed by atoms with E-state index in [1.54, 1.807) is 60.1 Å². The van der Waals surface area contributed by atoms with Crippen LogP contribution in [0.2, 0.25) is 0 Å². The molecule has 12 rings (SSSR count). The van der Waals surface area contributed by atoms with Crippen LogP contribution in [0.25, 0.3) is 39.0 Å². The number of aromatic nitrogens is 10. The van der Waals surface area contributed by atoms with Gasteiger partial charge in [0.05, 0.1) is 58.0 Å². The molecule has 0 spiro atoms. The number of fused-ring (bicyclic) bond motifs is 3. The molecule has 6 aromatic heterocycles. The van der Waals surface area contributed by atoms with E-state index >= 15 is 13.6 Å². The van der Waals surface area contributed by atoms with E-state index in [2.05, 4.69) is 15.2 Å². The number of nitrogens with one attached hydrogen (secondary N) is 1. The van der Waals surface area contributed by atoms with Gasteiger partial charge in [-0.25, -0.2) is 23.1 Å². The van der Waals surface area contributed by atoms with Crippen molar-refractivity contribution in [3.05, 3.63) is 133 Å². The number of carbonyl (C=O) groups is 1. The number of aryl methyl sites for hydroxylation is 2. The number of nitrogens with zero attached hydrogens (tertiary/aromatic N) is 10. The second kappa shape index (κ2) is 14.0. The van der Waals surface area contributed by atoms with Crippen LogP contribution in [-0.2, 0) is 16.7 Å². The van der Waals surface area contributed by atoms with Crippen molar-refractivity contribution in [2.75, 3.05) is 19.8 Å². The number of benzene rings is 2. The van der Waals surface area contributed by atoms with Crippen LogP contribution < -0.4 is 11.4 Å². The van der Waals surface area contributed by atoms with Crippen LogP contribution >= 0.6 is 0 Å². The number of carbonyl (C=O) groups excluding carboxylic acids is 1. The zero-order valence-electron chi connectivity index (χ0n) is 35.3. The van der Waals surface area contributed by atoms with Crippen molar-refractivity contribution in [1.29, 1.82) is 0 Å². The second-order valence-electron chi connectivity index (χ2n) is 17.8. The Morgan fingerprint density at radius 1 is 0.922 bits per heavy atom. The number of aromatic amines is 1. The summed E-state index contributed by atoms with van der Waals surface area (Å²) in [7, 11) is 0. The Balaban J connectivity index is 0.992. The van der Waals surface area contributed by atoms with Gasteiger partial charge in [-0.15, -0.1) is 0 Å². The van der Waals surface area contributed by atoms with Crippen molar-refractivity contribution in [3.8, 4) is 17.2 Å². The van der Waals surface area contributed by atoms with E-state index in [1.807, 2.05) is 28.3 Å². The lowest BCUT2D eigenvalue weighted by Gasteiger charge is -2.34. The van der Waals surface area contributed by atoms with Gasteiger partial charge in [0.1, 0.15) is 22.9 Å². The van der Waals surface area contributed by atoms with Gasteiger partial charge in [0.2, 0.25) is 0 Å². The molecule has 0 bridgehead atoms. The summed E-state index contributed by atoms with van der Waals surface area (Å²) < 4.78 is 50.1. The summed E-state index contributed by atoms with van der Waals surface area (Å²) in [5, 5.41) is 14.8. The smallest absolute Gasteiger partial charge is 0.381 e. The van der Waals surface area contributed by atoms with Crippen molar-refractivity contribution < 1.29 is 22.8 Å². The van der Waals surface area contributed by atoms with Crippen molar-refractivity contribution >= 4 is 27.7 Å². The Hall–Kier alpha value is -6.95. The van der Waals surface area contributed by atoms with Crippen LogP contribution in [0.1, 0.15) is 108 Å². The molecule has 326 valence electrons. The zero-order valence-corrected chi connectivity index (χ0v) is 35.3. The average molecular weight is 868 g/mol. The van der Waals surface area contributed by atoms with Crippen molar-refractivity contribution in [2.45, 2.75) is 89.3 Å². The van der Waals surface area contributed by atoms with Crippen molar-refractivity contribution in [1.82, 2.24) is 53.3 Å². The van der Waals surface area contributed by atoms with Crippen LogP contribution in [0, 0.1) is 25.5 Å². The summed E-state index contributed by atoms with van der Waals surface area (Å²) in [4.78, 5) is 51.8. The van der Waals surface area contributed by atoms with Gasteiger partial charge in [-0.1, -0.05) is 5.16 Å². The van der Waals surface area contributed by atoms with Crippen LogP contribution in [0.15, 0.2) is 75.3 Å². The summed E-state index contributed by atoms with van der Waals surface area (Å²) >= 11 is 0. The second-order valence-corrected chi connectivity index (χ2v) is 17.8. The van der Waals surface area contributed by atoms with Gasteiger partial charge in [0, 0.05) is 61.1 Å². The summed E-state index contributed by atoms with van der Waals surface area (Å²) in [6, 6.07) is 10.3. The molecule has 8 aromatic rings. The maximum Gasteiger partial charge on any atom is 0.438 e. The summed E-state index contributed by atoms with van der Waals surface area (Å²) in [5.74, 6) is -0.980. The Morgan fingerprint density at radius 2 is 1.69 bits per heavy atom. The number of H-pyrrole nitrogens is 1. The first-order valence-corrected chi connectivity index (χ1v) is 21.8. The third-order valence-corrected chi connectivity index (χ3v) is 13.8. The largest absolute Gasteiger partial charge is 0.438 e. The quantitative estimate of drug-likeness (QED) is 0.177. The van der Waals surface area contributed by atoms with Gasteiger partial charge in [0.15, 0.2) is 11.6 Å². The Morgan fingerprint density at radius 3 is 2.41 bits per heavy atom. The fraction of sp³-hybridized carbons (Fsp3) is 0.370. The third kappa shape index (κ3) is 5.76. The first-order chi connectivity index (χ1) is 31.0. The standard InChI is InChI=1S/C46H43F2N11O5/c1-24-18-30(19-25(2)39(24)47)59-41(56-15-14-55(45(56)62)35-7-6-34-31(40(35)48)22-50-58(34)29-4-5-29)38-26(3)54(13-8-32(38)52-59)42(60)36-21-28-20-33(27-9-16-63-17-10-27)49-23-37(28)57(36)46(11-12-46)43-51-44(61)64-53-43/h6-7,14-15,18-23,26-27,29H,4-5,8-13,16-17H2,1-3H3,(H,51,53,61). The summed E-state index contributed by atoms with van der Waals surface area (Å²) in [5.41, 5.74) is 3.97. The molecule has 4 aliphatic rings. The minimum absolute atomic E-state index is 0.0645. The molecule has 1 saturated heterocycles. The Labute approximate surface area is 362 Å². The lowest BCUT2D eigenvalue weighted by molar-refractivity contribution is 0.0664. The maximum atomic E-state index is 16.4. The van der Waals surface area contributed by atoms with Gasteiger partial charge >= 0.3 is 11.4 Å². The first kappa shape index (κ1) is 38.7. The molecule has 2 aliphatic heterocycles. The number of hydrogen-bond donors (Lipinski definition) is 1. The van der Waals surface area contributed by atoms with Crippen LogP contribution in [-0.4, -0.2) is 79.0 Å². The monoisotopic (exact) mass is 867 g/mol. The minimum atomic E-state index is -0.843. The zero-order chi connectivity index (χ0) is 43.8. The number of pyridine rings is 1.